The Kier molecular flexibility index (Phi) is 3.48. The van der Waals surface area contributed by atoms with Crippen molar-refractivity contribution in [1.29, 1.82) is 5.26 Å². The van der Waals surface area contributed by atoms with Crippen molar-refractivity contribution in [3.05, 3.63) is 10.6 Å². The third kappa shape index (κ3) is 2.46. The lowest BCUT2D eigenvalue weighted by atomic mass is 10.2. The van der Waals surface area contributed by atoms with Gasteiger partial charge in [0.05, 0.1) is 17.7 Å². The number of hydrogen-bond acceptors (Lipinski definition) is 4. The molecule has 1 unspecified atom stereocenters. The van der Waals surface area contributed by atoms with E-state index in [2.05, 4.69) is 18.0 Å². The molecular weight excluding hydrogens is 194 g/mol. The van der Waals surface area contributed by atoms with Gasteiger partial charge in [0.1, 0.15) is 0 Å². The molecule has 0 spiro atoms. The van der Waals surface area contributed by atoms with Gasteiger partial charge in [0.25, 0.3) is 0 Å². The molecule has 0 saturated carbocycles. The third-order valence-corrected chi connectivity index (χ3v) is 3.30. The van der Waals surface area contributed by atoms with Crippen LogP contribution in [0, 0.1) is 31.1 Å². The first-order valence-corrected chi connectivity index (χ1v) is 5.41. The van der Waals surface area contributed by atoms with Crippen molar-refractivity contribution >= 4 is 16.5 Å². The van der Waals surface area contributed by atoms with Crippen LogP contribution in [-0.4, -0.2) is 18.6 Å². The molecule has 1 atom stereocenters. The van der Waals surface area contributed by atoms with Crippen LogP contribution < -0.4 is 4.90 Å². The smallest absolute Gasteiger partial charge is 0.185 e. The van der Waals surface area contributed by atoms with Crippen LogP contribution in [0.3, 0.4) is 0 Å². The number of aromatic nitrogens is 1. The zero-order chi connectivity index (χ0) is 10.7. The van der Waals surface area contributed by atoms with E-state index < -0.39 is 0 Å². The fraction of sp³-hybridized carbons (Fsp3) is 0.600. The molecule has 14 heavy (non-hydrogen) atoms. The number of anilines is 1. The van der Waals surface area contributed by atoms with Crippen molar-refractivity contribution in [2.24, 2.45) is 5.92 Å². The Morgan fingerprint density at radius 2 is 2.21 bits per heavy atom. The second-order valence-corrected chi connectivity index (χ2v) is 4.73. The Labute approximate surface area is 89.0 Å². The van der Waals surface area contributed by atoms with E-state index in [9.17, 15) is 0 Å². The molecule has 0 amide bonds. The van der Waals surface area contributed by atoms with Gasteiger partial charge in [-0.2, -0.15) is 5.26 Å². The van der Waals surface area contributed by atoms with E-state index in [4.69, 9.17) is 5.26 Å². The highest BCUT2D eigenvalue weighted by Crippen LogP contribution is 2.24. The van der Waals surface area contributed by atoms with Crippen LogP contribution in [0.5, 0.6) is 0 Å². The van der Waals surface area contributed by atoms with Gasteiger partial charge in [-0.15, -0.1) is 11.3 Å². The zero-order valence-electron chi connectivity index (χ0n) is 9.03. The van der Waals surface area contributed by atoms with Gasteiger partial charge in [-0.1, -0.05) is 0 Å². The molecule has 0 radical (unpaired) electrons. The summed E-state index contributed by atoms with van der Waals surface area (Å²) in [7, 11) is 1.98. The summed E-state index contributed by atoms with van der Waals surface area (Å²) in [6, 6.07) is 2.22. The minimum absolute atomic E-state index is 0.0458. The normalized spacial score (nSPS) is 12.2. The maximum atomic E-state index is 8.70. The molecule has 1 aromatic heterocycles. The second-order valence-electron chi connectivity index (χ2n) is 3.55. The van der Waals surface area contributed by atoms with Gasteiger partial charge in [-0.3, -0.25) is 0 Å². The lowest BCUT2D eigenvalue weighted by molar-refractivity contribution is 0.714. The summed E-state index contributed by atoms with van der Waals surface area (Å²) < 4.78 is 0. The highest BCUT2D eigenvalue weighted by molar-refractivity contribution is 7.15. The van der Waals surface area contributed by atoms with Gasteiger partial charge >= 0.3 is 0 Å². The first-order chi connectivity index (χ1) is 6.54. The SMILES string of the molecule is Cc1nc(N(C)CC(C)C#N)sc1C. The summed E-state index contributed by atoms with van der Waals surface area (Å²) in [5.74, 6) is 0.0458. The highest BCUT2D eigenvalue weighted by atomic mass is 32.1. The van der Waals surface area contributed by atoms with Gasteiger partial charge in [0, 0.05) is 18.5 Å². The van der Waals surface area contributed by atoms with E-state index in [-0.39, 0.29) is 5.92 Å². The first-order valence-electron chi connectivity index (χ1n) is 4.59. The minimum Gasteiger partial charge on any atom is -0.350 e. The molecule has 0 aliphatic rings. The maximum absolute atomic E-state index is 8.70. The van der Waals surface area contributed by atoms with Crippen LogP contribution in [0.4, 0.5) is 5.13 Å². The molecule has 0 N–H and O–H groups in total. The molecule has 0 aromatic carbocycles. The summed E-state index contributed by atoms with van der Waals surface area (Å²) >= 11 is 1.68. The summed E-state index contributed by atoms with van der Waals surface area (Å²) in [6.07, 6.45) is 0. The van der Waals surface area contributed by atoms with Gasteiger partial charge in [-0.05, 0) is 20.8 Å². The average molecular weight is 209 g/mol. The summed E-state index contributed by atoms with van der Waals surface area (Å²) in [6.45, 7) is 6.74. The van der Waals surface area contributed by atoms with Crippen molar-refractivity contribution in [2.45, 2.75) is 20.8 Å². The number of thiazole rings is 1. The zero-order valence-corrected chi connectivity index (χ0v) is 9.85. The van der Waals surface area contributed by atoms with Crippen molar-refractivity contribution < 1.29 is 0 Å². The lowest BCUT2D eigenvalue weighted by Crippen LogP contribution is -2.22. The average Bonchev–Trinajstić information content (AvgIpc) is 2.47. The molecule has 1 aromatic rings. The largest absolute Gasteiger partial charge is 0.350 e. The molecule has 0 aliphatic heterocycles. The standard InChI is InChI=1S/C10H15N3S/c1-7(5-11)6-13(4)10-12-8(2)9(3)14-10/h7H,6H2,1-4H3. The van der Waals surface area contributed by atoms with E-state index in [0.717, 1.165) is 17.4 Å². The van der Waals surface area contributed by atoms with Crippen molar-refractivity contribution in [1.82, 2.24) is 4.98 Å². The van der Waals surface area contributed by atoms with Crippen molar-refractivity contribution in [3.63, 3.8) is 0 Å². The Morgan fingerprint density at radius 3 is 2.64 bits per heavy atom. The quantitative estimate of drug-likeness (QED) is 0.767. The molecule has 4 heteroatoms. The fourth-order valence-corrected chi connectivity index (χ4v) is 2.03. The van der Waals surface area contributed by atoms with E-state index in [1.807, 2.05) is 25.8 Å². The molecule has 0 aliphatic carbocycles. The number of rotatable bonds is 3. The molecular formula is C10H15N3S. The Balaban J connectivity index is 2.70. The highest BCUT2D eigenvalue weighted by Gasteiger charge is 2.10. The Hall–Kier alpha value is -1.08. The Morgan fingerprint density at radius 1 is 1.57 bits per heavy atom. The lowest BCUT2D eigenvalue weighted by Gasteiger charge is -2.16. The van der Waals surface area contributed by atoms with Gasteiger partial charge in [-0.25, -0.2) is 4.98 Å². The molecule has 3 nitrogen and oxygen atoms in total. The summed E-state index contributed by atoms with van der Waals surface area (Å²) in [5, 5.41) is 9.70. The maximum Gasteiger partial charge on any atom is 0.185 e. The predicted octanol–water partition coefficient (Wildman–Crippen LogP) is 2.36. The van der Waals surface area contributed by atoms with E-state index in [1.54, 1.807) is 11.3 Å². The van der Waals surface area contributed by atoms with Crippen molar-refractivity contribution in [3.8, 4) is 6.07 Å². The van der Waals surface area contributed by atoms with Gasteiger partial charge < -0.3 is 4.90 Å². The van der Waals surface area contributed by atoms with Gasteiger partial charge in [0.2, 0.25) is 0 Å². The minimum atomic E-state index is 0.0458. The molecule has 0 bridgehead atoms. The number of aryl methyl sites for hydroxylation is 2. The van der Waals surface area contributed by atoms with Crippen LogP contribution in [0.2, 0.25) is 0 Å². The molecule has 76 valence electrons. The number of hydrogen-bond donors (Lipinski definition) is 0. The predicted molar refractivity (Wildman–Crippen MR) is 59.6 cm³/mol. The topological polar surface area (TPSA) is 39.9 Å². The molecule has 1 rings (SSSR count). The molecule has 0 saturated heterocycles. The van der Waals surface area contributed by atoms with Crippen LogP contribution >= 0.6 is 11.3 Å². The van der Waals surface area contributed by atoms with E-state index >= 15 is 0 Å². The first kappa shape index (κ1) is 11.0. The van der Waals surface area contributed by atoms with Crippen LogP contribution in [0.25, 0.3) is 0 Å². The molecule has 0 fully saturated rings. The Bertz CT molecular complexity index is 331. The second kappa shape index (κ2) is 4.43. The van der Waals surface area contributed by atoms with Crippen LogP contribution in [-0.2, 0) is 0 Å². The van der Waals surface area contributed by atoms with Crippen molar-refractivity contribution in [2.75, 3.05) is 18.5 Å². The fourth-order valence-electron chi connectivity index (χ4n) is 1.15. The summed E-state index contributed by atoms with van der Waals surface area (Å²) in [4.78, 5) is 7.72. The number of nitrogens with zero attached hydrogens (tertiary/aromatic N) is 3. The van der Waals surface area contributed by atoms with E-state index in [1.165, 1.54) is 4.88 Å². The molecule has 1 heterocycles. The third-order valence-electron chi connectivity index (χ3n) is 2.11. The monoisotopic (exact) mass is 209 g/mol. The van der Waals surface area contributed by atoms with E-state index in [0.29, 0.717) is 0 Å². The summed E-state index contributed by atoms with van der Waals surface area (Å²) in [5.41, 5.74) is 1.08. The van der Waals surface area contributed by atoms with Gasteiger partial charge in [0.15, 0.2) is 5.13 Å². The van der Waals surface area contributed by atoms with Crippen LogP contribution in [0.15, 0.2) is 0 Å². The van der Waals surface area contributed by atoms with Crippen LogP contribution in [0.1, 0.15) is 17.5 Å². The number of nitriles is 1.